The maximum Gasteiger partial charge on any atom is 0.191 e. The van der Waals surface area contributed by atoms with Gasteiger partial charge in [0.05, 0.1) is 6.54 Å². The highest BCUT2D eigenvalue weighted by Gasteiger charge is 2.21. The van der Waals surface area contributed by atoms with E-state index in [0.717, 1.165) is 38.1 Å². The van der Waals surface area contributed by atoms with Gasteiger partial charge in [0.25, 0.3) is 0 Å². The summed E-state index contributed by atoms with van der Waals surface area (Å²) >= 11 is 0. The third-order valence-corrected chi connectivity index (χ3v) is 4.43. The van der Waals surface area contributed by atoms with Gasteiger partial charge < -0.3 is 10.6 Å². The smallest absolute Gasteiger partial charge is 0.191 e. The molecule has 0 bridgehead atoms. The third-order valence-electron chi connectivity index (χ3n) is 4.43. The van der Waals surface area contributed by atoms with Crippen LogP contribution in [0.2, 0.25) is 0 Å². The van der Waals surface area contributed by atoms with Crippen molar-refractivity contribution in [3.05, 3.63) is 35.4 Å². The summed E-state index contributed by atoms with van der Waals surface area (Å²) in [6.07, 6.45) is 2.72. The molecule has 0 spiro atoms. The predicted molar refractivity (Wildman–Crippen MR) is 98.6 cm³/mol. The Morgan fingerprint density at radius 1 is 1.22 bits per heavy atom. The first kappa shape index (κ1) is 17.8. The topological polar surface area (TPSA) is 39.7 Å². The molecule has 1 aromatic rings. The maximum atomic E-state index is 4.77. The van der Waals surface area contributed by atoms with Gasteiger partial charge in [0.15, 0.2) is 5.96 Å². The van der Waals surface area contributed by atoms with E-state index in [4.69, 9.17) is 4.99 Å². The highest BCUT2D eigenvalue weighted by molar-refractivity contribution is 5.79. The number of nitrogens with zero attached hydrogens (tertiary/aromatic N) is 2. The third kappa shape index (κ3) is 6.22. The number of hydrogen-bond acceptors (Lipinski definition) is 2. The van der Waals surface area contributed by atoms with Crippen LogP contribution in [0.5, 0.6) is 0 Å². The van der Waals surface area contributed by atoms with Crippen molar-refractivity contribution in [2.24, 2.45) is 10.9 Å². The maximum absolute atomic E-state index is 4.77. The van der Waals surface area contributed by atoms with E-state index in [1.54, 1.807) is 0 Å². The highest BCUT2D eigenvalue weighted by atomic mass is 15.2. The number of hydrogen-bond donors (Lipinski definition) is 2. The molecule has 2 N–H and O–H groups in total. The molecule has 0 unspecified atom stereocenters. The van der Waals surface area contributed by atoms with Crippen LogP contribution in [0.15, 0.2) is 29.3 Å². The number of aliphatic imine (C=N–C) groups is 1. The quantitative estimate of drug-likeness (QED) is 0.572. The minimum atomic E-state index is 0.545. The van der Waals surface area contributed by atoms with Gasteiger partial charge in [-0.15, -0.1) is 0 Å². The Hall–Kier alpha value is -1.55. The van der Waals surface area contributed by atoms with Gasteiger partial charge in [-0.3, -0.25) is 4.90 Å². The molecule has 1 aliphatic carbocycles. The van der Waals surface area contributed by atoms with Crippen molar-refractivity contribution in [1.29, 1.82) is 0 Å². The van der Waals surface area contributed by atoms with Gasteiger partial charge in [0, 0.05) is 25.7 Å². The van der Waals surface area contributed by atoms with Crippen LogP contribution in [-0.4, -0.2) is 37.0 Å². The molecule has 0 heterocycles. The Morgan fingerprint density at radius 2 is 1.91 bits per heavy atom. The van der Waals surface area contributed by atoms with Crippen LogP contribution < -0.4 is 10.6 Å². The van der Waals surface area contributed by atoms with Crippen molar-refractivity contribution in [1.82, 2.24) is 15.5 Å². The fourth-order valence-corrected chi connectivity index (χ4v) is 2.39. The number of benzene rings is 1. The molecule has 1 aliphatic rings. The number of rotatable bonds is 8. The van der Waals surface area contributed by atoms with E-state index in [1.807, 2.05) is 0 Å². The lowest BCUT2D eigenvalue weighted by atomic mass is 10.1. The zero-order valence-corrected chi connectivity index (χ0v) is 15.1. The molecule has 0 aliphatic heterocycles. The van der Waals surface area contributed by atoms with Crippen molar-refractivity contribution in [2.75, 3.05) is 20.1 Å². The van der Waals surface area contributed by atoms with Crippen molar-refractivity contribution < 1.29 is 0 Å². The molecule has 0 saturated heterocycles. The summed E-state index contributed by atoms with van der Waals surface area (Å²) in [5, 5.41) is 6.80. The van der Waals surface area contributed by atoms with Crippen LogP contribution in [0, 0.1) is 5.92 Å². The Morgan fingerprint density at radius 3 is 2.52 bits per heavy atom. The minimum absolute atomic E-state index is 0.545. The molecule has 4 heteroatoms. The van der Waals surface area contributed by atoms with Gasteiger partial charge in [0.2, 0.25) is 0 Å². The Kier molecular flexibility index (Phi) is 6.90. The highest BCUT2D eigenvalue weighted by Crippen LogP contribution is 2.27. The summed E-state index contributed by atoms with van der Waals surface area (Å²) in [6, 6.07) is 9.18. The lowest BCUT2D eigenvalue weighted by molar-refractivity contribution is 0.265. The molecule has 1 fully saturated rings. The van der Waals surface area contributed by atoms with E-state index in [0.29, 0.717) is 6.04 Å². The average molecular weight is 316 g/mol. The van der Waals surface area contributed by atoms with Crippen LogP contribution in [0.1, 0.15) is 44.7 Å². The van der Waals surface area contributed by atoms with Crippen molar-refractivity contribution in [3.63, 3.8) is 0 Å². The summed E-state index contributed by atoms with van der Waals surface area (Å²) in [5.74, 6) is 1.79. The fourth-order valence-electron chi connectivity index (χ4n) is 2.39. The molecule has 0 radical (unpaired) electrons. The first-order valence-corrected chi connectivity index (χ1v) is 8.89. The molecule has 4 nitrogen and oxygen atoms in total. The molecular weight excluding hydrogens is 284 g/mol. The fraction of sp³-hybridized carbons (Fsp3) is 0.632. The predicted octanol–water partition coefficient (Wildman–Crippen LogP) is 2.99. The molecule has 2 rings (SSSR count). The van der Waals surface area contributed by atoms with Gasteiger partial charge >= 0.3 is 0 Å². The Bertz CT molecular complexity index is 506. The van der Waals surface area contributed by atoms with E-state index < -0.39 is 0 Å². The Labute approximate surface area is 141 Å². The SMILES string of the molecule is CCNC(=NCc1ccccc1CN(C)C(C)C)NCC1CC1. The minimum Gasteiger partial charge on any atom is -0.357 e. The van der Waals surface area contributed by atoms with Gasteiger partial charge in [-0.2, -0.15) is 0 Å². The Balaban J connectivity index is 2.00. The lowest BCUT2D eigenvalue weighted by Gasteiger charge is -2.22. The second-order valence-corrected chi connectivity index (χ2v) is 6.80. The summed E-state index contributed by atoms with van der Waals surface area (Å²) in [7, 11) is 2.17. The first-order valence-electron chi connectivity index (χ1n) is 8.89. The standard InChI is InChI=1S/C19H32N4/c1-5-20-19(21-12-16-10-11-16)22-13-17-8-6-7-9-18(17)14-23(4)15(2)3/h6-9,15-16H,5,10-14H2,1-4H3,(H2,20,21,22). The van der Waals surface area contributed by atoms with E-state index in [-0.39, 0.29) is 0 Å². The van der Waals surface area contributed by atoms with E-state index in [2.05, 4.69) is 67.6 Å². The van der Waals surface area contributed by atoms with Crippen molar-refractivity contribution in [2.45, 2.75) is 52.7 Å². The zero-order valence-electron chi connectivity index (χ0n) is 15.1. The summed E-state index contributed by atoms with van der Waals surface area (Å²) in [6.45, 7) is 10.2. The first-order chi connectivity index (χ1) is 11.1. The van der Waals surface area contributed by atoms with E-state index in [9.17, 15) is 0 Å². The largest absolute Gasteiger partial charge is 0.357 e. The molecule has 0 amide bonds. The van der Waals surface area contributed by atoms with Crippen molar-refractivity contribution >= 4 is 5.96 Å². The molecule has 0 aromatic heterocycles. The zero-order chi connectivity index (χ0) is 16.7. The second-order valence-electron chi connectivity index (χ2n) is 6.80. The average Bonchev–Trinajstić information content (AvgIpc) is 3.35. The van der Waals surface area contributed by atoms with Crippen LogP contribution in [0.3, 0.4) is 0 Å². The molecular formula is C19H32N4. The molecule has 1 saturated carbocycles. The summed E-state index contributed by atoms with van der Waals surface area (Å²) in [4.78, 5) is 7.13. The van der Waals surface area contributed by atoms with Crippen LogP contribution >= 0.6 is 0 Å². The molecule has 0 atom stereocenters. The molecule has 23 heavy (non-hydrogen) atoms. The summed E-state index contributed by atoms with van der Waals surface area (Å²) < 4.78 is 0. The molecule has 1 aromatic carbocycles. The lowest BCUT2D eigenvalue weighted by Crippen LogP contribution is -2.38. The second kappa shape index (κ2) is 8.92. The van der Waals surface area contributed by atoms with Gasteiger partial charge in [-0.05, 0) is 57.7 Å². The van der Waals surface area contributed by atoms with Crippen LogP contribution in [0.4, 0.5) is 0 Å². The van der Waals surface area contributed by atoms with Gasteiger partial charge in [0.1, 0.15) is 0 Å². The van der Waals surface area contributed by atoms with Gasteiger partial charge in [-0.1, -0.05) is 24.3 Å². The monoisotopic (exact) mass is 316 g/mol. The molecule has 128 valence electrons. The van der Waals surface area contributed by atoms with E-state index >= 15 is 0 Å². The van der Waals surface area contributed by atoms with Crippen LogP contribution in [-0.2, 0) is 13.1 Å². The van der Waals surface area contributed by atoms with Crippen LogP contribution in [0.25, 0.3) is 0 Å². The van der Waals surface area contributed by atoms with Crippen molar-refractivity contribution in [3.8, 4) is 0 Å². The number of nitrogens with one attached hydrogen (secondary N) is 2. The van der Waals surface area contributed by atoms with Gasteiger partial charge in [-0.25, -0.2) is 4.99 Å². The normalized spacial score (nSPS) is 15.3. The number of guanidine groups is 1. The summed E-state index contributed by atoms with van der Waals surface area (Å²) in [5.41, 5.74) is 2.68. The van der Waals surface area contributed by atoms with E-state index in [1.165, 1.54) is 24.0 Å².